The molecule has 1 N–H and O–H groups in total. The van der Waals surface area contributed by atoms with Crippen molar-refractivity contribution in [1.29, 1.82) is 0 Å². The zero-order valence-corrected chi connectivity index (χ0v) is 12.7. The van der Waals surface area contributed by atoms with Crippen LogP contribution in [0.15, 0.2) is 47.5 Å². The van der Waals surface area contributed by atoms with E-state index in [1.807, 2.05) is 0 Å². The Bertz CT molecular complexity index is 851. The van der Waals surface area contributed by atoms with Crippen LogP contribution < -0.4 is 0 Å². The molecule has 112 valence electrons. The van der Waals surface area contributed by atoms with Gasteiger partial charge in [0.05, 0.1) is 17.2 Å². The normalized spacial score (nSPS) is 16.8. The number of aliphatic imine (C=N–C) groups is 1. The molecule has 3 heterocycles. The van der Waals surface area contributed by atoms with Gasteiger partial charge >= 0.3 is 0 Å². The minimum absolute atomic E-state index is 0.244. The standard InChI is InChI=1S/C17H17FN4/c1-9-5-6-20-15(10(9)2)17-21-14-8-19-7-13(16(14)22-17)11(3)12(4)18/h7-8H,1-2,5-6H2,3-4H3,(H,21,22). The number of aromatic amines is 1. The lowest BCUT2D eigenvalue weighted by atomic mass is 9.98. The van der Waals surface area contributed by atoms with Crippen LogP contribution in [0, 0.1) is 0 Å². The number of imidazole rings is 1. The van der Waals surface area contributed by atoms with Crippen LogP contribution in [0.4, 0.5) is 4.39 Å². The van der Waals surface area contributed by atoms with Crippen LogP contribution in [0.1, 0.15) is 31.7 Å². The monoisotopic (exact) mass is 296 g/mol. The first-order chi connectivity index (χ1) is 10.5. The number of nitrogens with zero attached hydrogens (tertiary/aromatic N) is 3. The molecule has 0 unspecified atom stereocenters. The van der Waals surface area contributed by atoms with E-state index in [9.17, 15) is 4.39 Å². The molecule has 0 fully saturated rings. The van der Waals surface area contributed by atoms with Crippen molar-refractivity contribution >= 4 is 22.3 Å². The number of halogens is 1. The molecule has 22 heavy (non-hydrogen) atoms. The highest BCUT2D eigenvalue weighted by molar-refractivity contribution is 6.14. The lowest BCUT2D eigenvalue weighted by Crippen LogP contribution is -2.14. The van der Waals surface area contributed by atoms with Crippen molar-refractivity contribution in [3.05, 3.63) is 53.9 Å². The fourth-order valence-corrected chi connectivity index (χ4v) is 2.44. The summed E-state index contributed by atoms with van der Waals surface area (Å²) < 4.78 is 13.5. The zero-order chi connectivity index (χ0) is 15.9. The number of aromatic nitrogens is 3. The Balaban J connectivity index is 2.17. The Hall–Kier alpha value is -2.56. The molecule has 0 amide bonds. The second-order valence-corrected chi connectivity index (χ2v) is 5.39. The van der Waals surface area contributed by atoms with E-state index in [1.165, 1.54) is 6.92 Å². The van der Waals surface area contributed by atoms with E-state index in [4.69, 9.17) is 0 Å². The number of hydrogen-bond acceptors (Lipinski definition) is 3. The Morgan fingerprint density at radius 3 is 2.77 bits per heavy atom. The average Bonchev–Trinajstić information content (AvgIpc) is 2.92. The smallest absolute Gasteiger partial charge is 0.157 e. The number of pyridine rings is 1. The SMILES string of the molecule is C=C1CCN=C(c2nc3c(C(C)=C(C)F)cncc3[nH]2)C1=C. The van der Waals surface area contributed by atoms with Gasteiger partial charge in [-0.1, -0.05) is 13.2 Å². The summed E-state index contributed by atoms with van der Waals surface area (Å²) in [4.78, 5) is 16.4. The van der Waals surface area contributed by atoms with Gasteiger partial charge < -0.3 is 4.98 Å². The Morgan fingerprint density at radius 1 is 1.27 bits per heavy atom. The number of nitrogens with one attached hydrogen (secondary N) is 1. The summed E-state index contributed by atoms with van der Waals surface area (Å²) in [5.41, 5.74) is 5.14. The summed E-state index contributed by atoms with van der Waals surface area (Å²) in [6, 6.07) is 0. The van der Waals surface area contributed by atoms with E-state index in [2.05, 4.69) is 33.1 Å². The van der Waals surface area contributed by atoms with Crippen molar-refractivity contribution in [3.63, 3.8) is 0 Å². The summed E-state index contributed by atoms with van der Waals surface area (Å²) in [6.45, 7) is 11.9. The van der Waals surface area contributed by atoms with Crippen molar-refractivity contribution < 1.29 is 4.39 Å². The van der Waals surface area contributed by atoms with E-state index in [0.717, 1.165) is 28.8 Å². The summed E-state index contributed by atoms with van der Waals surface area (Å²) in [5.74, 6) is 0.381. The van der Waals surface area contributed by atoms with Crippen LogP contribution in [0.3, 0.4) is 0 Å². The van der Waals surface area contributed by atoms with E-state index in [0.29, 0.717) is 29.0 Å². The molecule has 4 nitrogen and oxygen atoms in total. The summed E-state index contributed by atoms with van der Waals surface area (Å²) >= 11 is 0. The molecular weight excluding hydrogens is 279 g/mol. The van der Waals surface area contributed by atoms with Crippen molar-refractivity contribution in [2.24, 2.45) is 4.99 Å². The van der Waals surface area contributed by atoms with Crippen LogP contribution in [0.5, 0.6) is 0 Å². The van der Waals surface area contributed by atoms with Crippen molar-refractivity contribution in [2.75, 3.05) is 6.54 Å². The zero-order valence-electron chi connectivity index (χ0n) is 12.7. The number of H-pyrrole nitrogens is 1. The molecule has 0 radical (unpaired) electrons. The maximum absolute atomic E-state index is 13.5. The lowest BCUT2D eigenvalue weighted by Gasteiger charge is -2.15. The van der Waals surface area contributed by atoms with Crippen LogP contribution in [-0.4, -0.2) is 27.2 Å². The van der Waals surface area contributed by atoms with Crippen molar-refractivity contribution in [2.45, 2.75) is 20.3 Å². The highest BCUT2D eigenvalue weighted by atomic mass is 19.1. The van der Waals surface area contributed by atoms with Crippen molar-refractivity contribution in [1.82, 2.24) is 15.0 Å². The Labute approximate surface area is 128 Å². The predicted molar refractivity (Wildman–Crippen MR) is 87.6 cm³/mol. The van der Waals surface area contributed by atoms with Gasteiger partial charge in [-0.05, 0) is 37.0 Å². The third kappa shape index (κ3) is 2.28. The Morgan fingerprint density at radius 2 is 2.05 bits per heavy atom. The van der Waals surface area contributed by atoms with Gasteiger partial charge in [0, 0.05) is 18.3 Å². The molecule has 5 heteroatoms. The third-order valence-electron chi connectivity index (χ3n) is 3.94. The van der Waals surface area contributed by atoms with Gasteiger partial charge in [0.2, 0.25) is 0 Å². The summed E-state index contributed by atoms with van der Waals surface area (Å²) in [5, 5.41) is 0. The van der Waals surface area contributed by atoms with E-state index in [-0.39, 0.29) is 5.83 Å². The van der Waals surface area contributed by atoms with Crippen LogP contribution in [0.2, 0.25) is 0 Å². The van der Waals surface area contributed by atoms with Gasteiger partial charge in [0.15, 0.2) is 5.82 Å². The largest absolute Gasteiger partial charge is 0.335 e. The molecule has 0 saturated carbocycles. The molecule has 0 bridgehead atoms. The topological polar surface area (TPSA) is 53.9 Å². The molecule has 3 rings (SSSR count). The molecule has 0 atom stereocenters. The van der Waals surface area contributed by atoms with Gasteiger partial charge in [-0.25, -0.2) is 9.37 Å². The summed E-state index contributed by atoms with van der Waals surface area (Å²) in [7, 11) is 0. The van der Waals surface area contributed by atoms with Gasteiger partial charge in [0.25, 0.3) is 0 Å². The number of allylic oxidation sites excluding steroid dienone is 3. The molecule has 0 spiro atoms. The molecule has 1 aliphatic heterocycles. The molecule has 2 aromatic heterocycles. The molecular formula is C17H17FN4. The second kappa shape index (κ2) is 5.33. The fourth-order valence-electron chi connectivity index (χ4n) is 2.44. The third-order valence-corrected chi connectivity index (χ3v) is 3.94. The summed E-state index contributed by atoms with van der Waals surface area (Å²) in [6.07, 6.45) is 4.12. The molecule has 0 saturated heterocycles. The molecule has 0 aromatic carbocycles. The van der Waals surface area contributed by atoms with Crippen molar-refractivity contribution in [3.8, 4) is 0 Å². The maximum atomic E-state index is 13.5. The van der Waals surface area contributed by atoms with Gasteiger partial charge in [-0.15, -0.1) is 0 Å². The van der Waals surface area contributed by atoms with E-state index in [1.54, 1.807) is 19.3 Å². The van der Waals surface area contributed by atoms with Gasteiger partial charge in [-0.3, -0.25) is 9.98 Å². The minimum atomic E-state index is -0.244. The first-order valence-corrected chi connectivity index (χ1v) is 7.08. The fraction of sp³-hybridized carbons (Fsp3) is 0.235. The molecule has 0 aliphatic carbocycles. The number of fused-ring (bicyclic) bond motifs is 1. The lowest BCUT2D eigenvalue weighted by molar-refractivity contribution is 0.643. The van der Waals surface area contributed by atoms with E-state index >= 15 is 0 Å². The van der Waals surface area contributed by atoms with Gasteiger partial charge in [-0.2, -0.15) is 0 Å². The number of rotatable bonds is 2. The molecule has 1 aliphatic rings. The maximum Gasteiger partial charge on any atom is 0.157 e. The minimum Gasteiger partial charge on any atom is -0.335 e. The second-order valence-electron chi connectivity index (χ2n) is 5.39. The quantitative estimate of drug-likeness (QED) is 0.911. The van der Waals surface area contributed by atoms with Crippen LogP contribution in [-0.2, 0) is 0 Å². The average molecular weight is 296 g/mol. The van der Waals surface area contributed by atoms with Gasteiger partial charge in [0.1, 0.15) is 11.5 Å². The predicted octanol–water partition coefficient (Wildman–Crippen LogP) is 3.98. The van der Waals surface area contributed by atoms with Crippen LogP contribution >= 0.6 is 0 Å². The van der Waals surface area contributed by atoms with E-state index < -0.39 is 0 Å². The highest BCUT2D eigenvalue weighted by Gasteiger charge is 2.19. The first-order valence-electron chi connectivity index (χ1n) is 7.08. The van der Waals surface area contributed by atoms with Crippen LogP contribution in [0.25, 0.3) is 16.6 Å². The Kier molecular flexibility index (Phi) is 3.48. The first kappa shape index (κ1) is 14.4. The number of hydrogen-bond donors (Lipinski definition) is 1. The highest BCUT2D eigenvalue weighted by Crippen LogP contribution is 2.27. The molecule has 2 aromatic rings.